The van der Waals surface area contributed by atoms with Gasteiger partial charge in [0.2, 0.25) is 0 Å². The fourth-order valence-electron chi connectivity index (χ4n) is 1.92. The Bertz CT molecular complexity index is 711. The van der Waals surface area contributed by atoms with E-state index in [1.54, 1.807) is 13.2 Å². The first-order valence-electron chi connectivity index (χ1n) is 6.00. The number of rotatable bonds is 4. The third kappa shape index (κ3) is 4.00. The van der Waals surface area contributed by atoms with Crippen LogP contribution in [0.3, 0.4) is 0 Å². The number of nitrogens with zero attached hydrogens (tertiary/aromatic N) is 1. The number of anilines is 1. The fraction of sp³-hybridized carbons (Fsp3) is 0.133. The second-order valence-electron chi connectivity index (χ2n) is 4.24. The van der Waals surface area contributed by atoms with Crippen LogP contribution in [0.15, 0.2) is 43.7 Å². The summed E-state index contributed by atoms with van der Waals surface area (Å²) in [6, 6.07) is 11.6. The van der Waals surface area contributed by atoms with Crippen molar-refractivity contribution in [3.05, 3.63) is 54.9 Å². The van der Waals surface area contributed by atoms with Crippen molar-refractivity contribution in [3.8, 4) is 11.8 Å². The van der Waals surface area contributed by atoms with Crippen molar-refractivity contribution in [1.82, 2.24) is 0 Å². The Labute approximate surface area is 148 Å². The molecule has 0 bridgehead atoms. The largest absolute Gasteiger partial charge is 0.495 e. The lowest BCUT2D eigenvalue weighted by atomic mass is 10.1. The highest BCUT2D eigenvalue weighted by molar-refractivity contribution is 9.11. The monoisotopic (exact) mass is 472 g/mol. The van der Waals surface area contributed by atoms with E-state index in [-0.39, 0.29) is 0 Å². The first-order valence-corrected chi connectivity index (χ1v) is 8.38. The molecule has 3 nitrogen and oxygen atoms in total. The van der Waals surface area contributed by atoms with Crippen LogP contribution in [0.2, 0.25) is 0 Å². The number of ether oxygens (including phenoxy) is 1. The van der Waals surface area contributed by atoms with Gasteiger partial charge in [-0.15, -0.1) is 0 Å². The average molecular weight is 475 g/mol. The number of hydrogen-bond acceptors (Lipinski definition) is 3. The Morgan fingerprint density at radius 3 is 2.57 bits per heavy atom. The van der Waals surface area contributed by atoms with E-state index in [0.717, 1.165) is 30.4 Å². The van der Waals surface area contributed by atoms with Gasteiger partial charge in [0.25, 0.3) is 0 Å². The molecular weight excluding hydrogens is 464 g/mol. The van der Waals surface area contributed by atoms with Crippen LogP contribution in [-0.2, 0) is 6.54 Å². The first-order chi connectivity index (χ1) is 10.0. The molecule has 0 aliphatic heterocycles. The number of halogens is 3. The van der Waals surface area contributed by atoms with E-state index < -0.39 is 0 Å². The van der Waals surface area contributed by atoms with Crippen LogP contribution < -0.4 is 10.1 Å². The van der Waals surface area contributed by atoms with E-state index in [1.807, 2.05) is 24.3 Å². The molecule has 0 unspecified atom stereocenters. The van der Waals surface area contributed by atoms with Crippen molar-refractivity contribution in [3.63, 3.8) is 0 Å². The molecule has 0 amide bonds. The van der Waals surface area contributed by atoms with Gasteiger partial charge in [-0.05, 0) is 46.3 Å². The molecule has 1 N–H and O–H groups in total. The van der Waals surface area contributed by atoms with E-state index in [2.05, 4.69) is 59.2 Å². The third-order valence-electron chi connectivity index (χ3n) is 2.86. The lowest BCUT2D eigenvalue weighted by Gasteiger charge is -2.14. The van der Waals surface area contributed by atoms with Gasteiger partial charge in [0.05, 0.1) is 22.8 Å². The van der Waals surface area contributed by atoms with Gasteiger partial charge in [-0.1, -0.05) is 31.9 Å². The molecule has 21 heavy (non-hydrogen) atoms. The topological polar surface area (TPSA) is 45.0 Å². The van der Waals surface area contributed by atoms with Gasteiger partial charge >= 0.3 is 0 Å². The first kappa shape index (κ1) is 16.3. The van der Waals surface area contributed by atoms with Gasteiger partial charge in [-0.3, -0.25) is 0 Å². The molecule has 2 aromatic carbocycles. The SMILES string of the molecule is COc1c(Br)cc(Br)cc1CNc1cc(Br)ccc1C#N. The Kier molecular flexibility index (Phi) is 5.68. The Morgan fingerprint density at radius 2 is 1.90 bits per heavy atom. The van der Waals surface area contributed by atoms with E-state index in [0.29, 0.717) is 12.1 Å². The predicted molar refractivity (Wildman–Crippen MR) is 94.6 cm³/mol. The molecule has 0 heterocycles. The zero-order chi connectivity index (χ0) is 15.4. The number of methoxy groups -OCH3 is 1. The summed E-state index contributed by atoms with van der Waals surface area (Å²) < 4.78 is 8.18. The van der Waals surface area contributed by atoms with E-state index in [1.165, 1.54) is 0 Å². The van der Waals surface area contributed by atoms with E-state index in [9.17, 15) is 0 Å². The van der Waals surface area contributed by atoms with Crippen LogP contribution in [0, 0.1) is 11.3 Å². The standard InChI is InChI=1S/C15H11Br3N2O/c1-21-15-10(4-12(17)5-13(15)18)8-20-14-6-11(16)3-2-9(14)7-19/h2-6,20H,8H2,1H3. The van der Waals surface area contributed by atoms with Gasteiger partial charge < -0.3 is 10.1 Å². The van der Waals surface area contributed by atoms with Crippen LogP contribution in [0.25, 0.3) is 0 Å². The zero-order valence-corrected chi connectivity index (χ0v) is 15.8. The van der Waals surface area contributed by atoms with E-state index >= 15 is 0 Å². The molecule has 108 valence electrons. The minimum Gasteiger partial charge on any atom is -0.495 e. The summed E-state index contributed by atoms with van der Waals surface area (Å²) in [5.74, 6) is 0.777. The van der Waals surface area contributed by atoms with Crippen LogP contribution in [0.5, 0.6) is 5.75 Å². The summed E-state index contributed by atoms with van der Waals surface area (Å²) >= 11 is 10.4. The van der Waals surface area contributed by atoms with Gasteiger partial charge in [0, 0.05) is 21.1 Å². The quantitative estimate of drug-likeness (QED) is 0.639. The smallest absolute Gasteiger partial charge is 0.138 e. The molecule has 2 aromatic rings. The maximum Gasteiger partial charge on any atom is 0.138 e. The minimum absolute atomic E-state index is 0.548. The Hall–Kier alpha value is -1.03. The van der Waals surface area contributed by atoms with Crippen molar-refractivity contribution in [2.75, 3.05) is 12.4 Å². The van der Waals surface area contributed by atoms with Crippen molar-refractivity contribution >= 4 is 53.5 Å². The number of nitrogens with one attached hydrogen (secondary N) is 1. The minimum atomic E-state index is 0.548. The number of benzene rings is 2. The van der Waals surface area contributed by atoms with Crippen LogP contribution >= 0.6 is 47.8 Å². The Balaban J connectivity index is 2.29. The summed E-state index contributed by atoms with van der Waals surface area (Å²) in [4.78, 5) is 0. The molecule has 0 fully saturated rings. The summed E-state index contributed by atoms with van der Waals surface area (Å²) in [6.45, 7) is 0.548. The fourth-order valence-corrected chi connectivity index (χ4v) is 3.76. The molecule has 2 rings (SSSR count). The summed E-state index contributed by atoms with van der Waals surface area (Å²) in [5, 5.41) is 12.4. The number of hydrogen-bond donors (Lipinski definition) is 1. The second-order valence-corrected chi connectivity index (χ2v) is 6.92. The zero-order valence-electron chi connectivity index (χ0n) is 11.1. The van der Waals surface area contributed by atoms with Crippen molar-refractivity contribution in [1.29, 1.82) is 5.26 Å². The van der Waals surface area contributed by atoms with Crippen molar-refractivity contribution < 1.29 is 4.74 Å². The summed E-state index contributed by atoms with van der Waals surface area (Å²) in [6.07, 6.45) is 0. The molecule has 6 heteroatoms. The van der Waals surface area contributed by atoms with Crippen molar-refractivity contribution in [2.24, 2.45) is 0 Å². The Morgan fingerprint density at radius 1 is 1.14 bits per heavy atom. The van der Waals surface area contributed by atoms with Gasteiger partial charge in [-0.2, -0.15) is 5.26 Å². The summed E-state index contributed by atoms with van der Waals surface area (Å²) in [7, 11) is 1.64. The van der Waals surface area contributed by atoms with Gasteiger partial charge in [0.15, 0.2) is 0 Å². The molecule has 0 aliphatic carbocycles. The van der Waals surface area contributed by atoms with Gasteiger partial charge in [0.1, 0.15) is 11.8 Å². The molecule has 0 atom stereocenters. The van der Waals surface area contributed by atoms with Crippen LogP contribution in [-0.4, -0.2) is 7.11 Å². The highest BCUT2D eigenvalue weighted by atomic mass is 79.9. The molecule has 0 aromatic heterocycles. The normalized spacial score (nSPS) is 10.0. The van der Waals surface area contributed by atoms with Crippen molar-refractivity contribution in [2.45, 2.75) is 6.54 Å². The molecular formula is C15H11Br3N2O. The molecule has 0 saturated carbocycles. The molecule has 0 spiro atoms. The van der Waals surface area contributed by atoms with Gasteiger partial charge in [-0.25, -0.2) is 0 Å². The maximum atomic E-state index is 9.15. The third-order valence-corrected chi connectivity index (χ3v) is 4.40. The summed E-state index contributed by atoms with van der Waals surface area (Å²) in [5.41, 5.74) is 2.37. The molecule has 0 aliphatic rings. The van der Waals surface area contributed by atoms with Crippen LogP contribution in [0.1, 0.15) is 11.1 Å². The van der Waals surface area contributed by atoms with E-state index in [4.69, 9.17) is 10.00 Å². The maximum absolute atomic E-state index is 9.15. The average Bonchev–Trinajstić information content (AvgIpc) is 2.44. The number of nitriles is 1. The lowest BCUT2D eigenvalue weighted by molar-refractivity contribution is 0.407. The van der Waals surface area contributed by atoms with Crippen LogP contribution in [0.4, 0.5) is 5.69 Å². The highest BCUT2D eigenvalue weighted by Gasteiger charge is 2.10. The molecule has 0 saturated heterocycles. The second kappa shape index (κ2) is 7.30. The molecule has 0 radical (unpaired) electrons. The highest BCUT2D eigenvalue weighted by Crippen LogP contribution is 2.33. The predicted octanol–water partition coefficient (Wildman–Crippen LogP) is 5.47. The lowest BCUT2D eigenvalue weighted by Crippen LogP contribution is -2.04.